The third-order valence-electron chi connectivity index (χ3n) is 3.99. The third-order valence-corrected chi connectivity index (χ3v) is 4.75. The largest absolute Gasteiger partial charge is 0.496 e. The van der Waals surface area contributed by atoms with Crippen LogP contribution in [0.5, 0.6) is 5.75 Å². The lowest BCUT2D eigenvalue weighted by atomic mass is 10.1. The van der Waals surface area contributed by atoms with Gasteiger partial charge in [0.1, 0.15) is 11.9 Å². The lowest BCUT2D eigenvalue weighted by Crippen LogP contribution is -2.42. The van der Waals surface area contributed by atoms with E-state index in [0.29, 0.717) is 36.0 Å². The summed E-state index contributed by atoms with van der Waals surface area (Å²) < 4.78 is 12.1. The minimum Gasteiger partial charge on any atom is -0.496 e. The zero-order valence-electron chi connectivity index (χ0n) is 13.2. The summed E-state index contributed by atoms with van der Waals surface area (Å²) in [6.45, 7) is 1.56. The van der Waals surface area contributed by atoms with E-state index in [1.165, 1.54) is 7.11 Å². The fraction of sp³-hybridized carbons (Fsp3) is 0.278. The van der Waals surface area contributed by atoms with Gasteiger partial charge in [-0.1, -0.05) is 39.7 Å². The molecule has 0 spiro atoms. The van der Waals surface area contributed by atoms with Gasteiger partial charge in [0.2, 0.25) is 0 Å². The molecule has 3 rings (SSSR count). The number of morpholine rings is 1. The molecular formula is C18H17BrClNO3. The van der Waals surface area contributed by atoms with Crippen molar-refractivity contribution in [2.75, 3.05) is 26.8 Å². The molecule has 1 fully saturated rings. The molecule has 1 atom stereocenters. The van der Waals surface area contributed by atoms with Gasteiger partial charge in [-0.3, -0.25) is 4.79 Å². The molecule has 0 radical (unpaired) electrons. The van der Waals surface area contributed by atoms with Crippen molar-refractivity contribution in [3.05, 3.63) is 63.1 Å². The monoisotopic (exact) mass is 409 g/mol. The van der Waals surface area contributed by atoms with Gasteiger partial charge in [0.15, 0.2) is 0 Å². The van der Waals surface area contributed by atoms with Gasteiger partial charge in [-0.2, -0.15) is 0 Å². The summed E-state index contributed by atoms with van der Waals surface area (Å²) >= 11 is 9.40. The van der Waals surface area contributed by atoms with Crippen LogP contribution < -0.4 is 4.74 Å². The predicted octanol–water partition coefficient (Wildman–Crippen LogP) is 4.32. The zero-order valence-corrected chi connectivity index (χ0v) is 15.5. The number of ether oxygens (including phenoxy) is 2. The highest BCUT2D eigenvalue weighted by molar-refractivity contribution is 9.10. The van der Waals surface area contributed by atoms with E-state index in [0.717, 1.165) is 10.0 Å². The van der Waals surface area contributed by atoms with Crippen molar-refractivity contribution < 1.29 is 14.3 Å². The highest BCUT2D eigenvalue weighted by atomic mass is 79.9. The van der Waals surface area contributed by atoms with E-state index in [4.69, 9.17) is 21.1 Å². The maximum Gasteiger partial charge on any atom is 0.257 e. The number of nitrogens with zero attached hydrogens (tertiary/aromatic N) is 1. The molecule has 1 unspecified atom stereocenters. The molecule has 1 aliphatic rings. The molecule has 1 saturated heterocycles. The number of methoxy groups -OCH3 is 1. The number of amides is 1. The number of hydrogen-bond acceptors (Lipinski definition) is 3. The van der Waals surface area contributed by atoms with Gasteiger partial charge >= 0.3 is 0 Å². The molecule has 2 aromatic rings. The van der Waals surface area contributed by atoms with Crippen molar-refractivity contribution in [1.82, 2.24) is 4.90 Å². The summed E-state index contributed by atoms with van der Waals surface area (Å²) in [6.07, 6.45) is -0.130. The Bertz CT molecular complexity index is 736. The topological polar surface area (TPSA) is 38.8 Å². The molecule has 24 heavy (non-hydrogen) atoms. The molecule has 2 aromatic carbocycles. The summed E-state index contributed by atoms with van der Waals surface area (Å²) in [6, 6.07) is 13.0. The van der Waals surface area contributed by atoms with E-state index in [2.05, 4.69) is 15.9 Å². The molecule has 0 saturated carbocycles. The van der Waals surface area contributed by atoms with Crippen LogP contribution in [-0.4, -0.2) is 37.6 Å². The normalized spacial score (nSPS) is 17.6. The smallest absolute Gasteiger partial charge is 0.257 e. The molecule has 1 amide bonds. The number of carbonyl (C=O) groups excluding carboxylic acids is 1. The van der Waals surface area contributed by atoms with Gasteiger partial charge < -0.3 is 14.4 Å². The second-order valence-electron chi connectivity index (χ2n) is 5.51. The summed E-state index contributed by atoms with van der Waals surface area (Å²) in [7, 11) is 1.53. The van der Waals surface area contributed by atoms with E-state index in [-0.39, 0.29) is 12.0 Å². The molecule has 0 N–H and O–H groups in total. The van der Waals surface area contributed by atoms with Gasteiger partial charge in [-0.15, -0.1) is 0 Å². The average Bonchev–Trinajstić information content (AvgIpc) is 2.61. The van der Waals surface area contributed by atoms with Crippen LogP contribution in [0.3, 0.4) is 0 Å². The molecule has 1 aliphatic heterocycles. The quantitative estimate of drug-likeness (QED) is 0.756. The average molecular weight is 411 g/mol. The van der Waals surface area contributed by atoms with E-state index in [1.807, 2.05) is 24.3 Å². The minimum atomic E-state index is -0.130. The molecule has 0 aromatic heterocycles. The number of carbonyl (C=O) groups is 1. The number of benzene rings is 2. The Labute approximate surface area is 154 Å². The van der Waals surface area contributed by atoms with Gasteiger partial charge in [-0.25, -0.2) is 0 Å². The third kappa shape index (κ3) is 3.74. The van der Waals surface area contributed by atoms with E-state index in [9.17, 15) is 4.79 Å². The molecule has 4 nitrogen and oxygen atoms in total. The Kier molecular flexibility index (Phi) is 5.43. The van der Waals surface area contributed by atoms with Crippen LogP contribution >= 0.6 is 27.5 Å². The van der Waals surface area contributed by atoms with E-state index >= 15 is 0 Å². The van der Waals surface area contributed by atoms with Crippen molar-refractivity contribution in [2.45, 2.75) is 6.10 Å². The first-order chi connectivity index (χ1) is 11.6. The molecular weight excluding hydrogens is 394 g/mol. The molecule has 6 heteroatoms. The Morgan fingerprint density at radius 1 is 1.29 bits per heavy atom. The summed E-state index contributed by atoms with van der Waals surface area (Å²) in [5.74, 6) is 0.410. The van der Waals surface area contributed by atoms with Crippen molar-refractivity contribution in [3.8, 4) is 5.75 Å². The van der Waals surface area contributed by atoms with Crippen LogP contribution in [0.25, 0.3) is 0 Å². The van der Waals surface area contributed by atoms with Crippen molar-refractivity contribution in [2.24, 2.45) is 0 Å². The highest BCUT2D eigenvalue weighted by Crippen LogP contribution is 2.28. The van der Waals surface area contributed by atoms with Crippen LogP contribution in [0.2, 0.25) is 5.02 Å². The SMILES string of the molecule is COc1cc(Cl)ccc1C(=O)N1CCOC(c2ccc(Br)cc2)C1. The van der Waals surface area contributed by atoms with E-state index < -0.39 is 0 Å². The standard InChI is InChI=1S/C18H17BrClNO3/c1-23-16-10-14(20)6-7-15(16)18(22)21-8-9-24-17(11-21)12-2-4-13(19)5-3-12/h2-7,10,17H,8-9,11H2,1H3. The second-order valence-corrected chi connectivity index (χ2v) is 6.86. The summed E-state index contributed by atoms with van der Waals surface area (Å²) in [5, 5.41) is 0.540. The van der Waals surface area contributed by atoms with Crippen molar-refractivity contribution >= 4 is 33.4 Å². The Morgan fingerprint density at radius 2 is 2.04 bits per heavy atom. The molecule has 0 aliphatic carbocycles. The number of rotatable bonds is 3. The first-order valence-electron chi connectivity index (χ1n) is 7.58. The lowest BCUT2D eigenvalue weighted by molar-refractivity contribution is -0.0229. The van der Waals surface area contributed by atoms with Crippen LogP contribution in [0.15, 0.2) is 46.9 Å². The fourth-order valence-corrected chi connectivity index (χ4v) is 3.15. The fourth-order valence-electron chi connectivity index (χ4n) is 2.72. The number of halogens is 2. The summed E-state index contributed by atoms with van der Waals surface area (Å²) in [5.41, 5.74) is 1.57. The maximum absolute atomic E-state index is 12.9. The lowest BCUT2D eigenvalue weighted by Gasteiger charge is -2.33. The van der Waals surface area contributed by atoms with Crippen molar-refractivity contribution in [3.63, 3.8) is 0 Å². The first kappa shape index (κ1) is 17.3. The summed E-state index contributed by atoms with van der Waals surface area (Å²) in [4.78, 5) is 14.7. The zero-order chi connectivity index (χ0) is 17.1. The first-order valence-corrected chi connectivity index (χ1v) is 8.75. The van der Waals surface area contributed by atoms with Crippen LogP contribution in [-0.2, 0) is 4.74 Å². The Hall–Kier alpha value is -1.56. The second kappa shape index (κ2) is 7.55. The molecule has 0 bridgehead atoms. The van der Waals surface area contributed by atoms with Gasteiger partial charge in [0, 0.05) is 16.0 Å². The predicted molar refractivity (Wildman–Crippen MR) is 96.7 cm³/mol. The van der Waals surface area contributed by atoms with Crippen molar-refractivity contribution in [1.29, 1.82) is 0 Å². The molecule has 126 valence electrons. The van der Waals surface area contributed by atoms with Gasteiger partial charge in [-0.05, 0) is 35.9 Å². The highest BCUT2D eigenvalue weighted by Gasteiger charge is 2.27. The number of hydrogen-bond donors (Lipinski definition) is 0. The molecule has 1 heterocycles. The van der Waals surface area contributed by atoms with Gasteiger partial charge in [0.25, 0.3) is 5.91 Å². The minimum absolute atomic E-state index is 0.0751. The Morgan fingerprint density at radius 3 is 2.75 bits per heavy atom. The van der Waals surface area contributed by atoms with Crippen LogP contribution in [0.1, 0.15) is 22.0 Å². The van der Waals surface area contributed by atoms with Crippen LogP contribution in [0, 0.1) is 0 Å². The Balaban J connectivity index is 1.79. The van der Waals surface area contributed by atoms with Crippen LogP contribution in [0.4, 0.5) is 0 Å². The van der Waals surface area contributed by atoms with E-state index in [1.54, 1.807) is 23.1 Å². The van der Waals surface area contributed by atoms with Gasteiger partial charge in [0.05, 0.1) is 25.8 Å². The maximum atomic E-state index is 12.9.